The van der Waals surface area contributed by atoms with Gasteiger partial charge >= 0.3 is 0 Å². The van der Waals surface area contributed by atoms with Crippen LogP contribution in [-0.4, -0.2) is 43.3 Å². The quantitative estimate of drug-likeness (QED) is 0.302. The molecule has 0 fully saturated rings. The van der Waals surface area contributed by atoms with E-state index in [1.54, 1.807) is 42.5 Å². The number of sulfonamides is 1. The summed E-state index contributed by atoms with van der Waals surface area (Å²) in [6.07, 6.45) is 0.326. The maximum atomic E-state index is 14.2. The first-order chi connectivity index (χ1) is 19.1. The molecule has 0 saturated carbocycles. The van der Waals surface area contributed by atoms with Gasteiger partial charge in [0.25, 0.3) is 10.0 Å². The molecule has 0 aromatic heterocycles. The third kappa shape index (κ3) is 8.11. The van der Waals surface area contributed by atoms with Crippen molar-refractivity contribution in [2.24, 2.45) is 0 Å². The lowest BCUT2D eigenvalue weighted by atomic mass is 10.1. The predicted molar refractivity (Wildman–Crippen MR) is 166 cm³/mol. The molecule has 7 nitrogen and oxygen atoms in total. The van der Waals surface area contributed by atoms with Crippen molar-refractivity contribution >= 4 is 39.1 Å². The molecular weight excluding hydrogens is 558 g/mol. The van der Waals surface area contributed by atoms with Crippen molar-refractivity contribution in [2.45, 2.75) is 77.9 Å². The van der Waals surface area contributed by atoms with Crippen molar-refractivity contribution in [2.75, 3.05) is 10.8 Å². The maximum Gasteiger partial charge on any atom is 0.264 e. The van der Waals surface area contributed by atoms with Gasteiger partial charge < -0.3 is 10.2 Å². The Kier molecular flexibility index (Phi) is 10.3. The van der Waals surface area contributed by atoms with Crippen molar-refractivity contribution in [3.05, 3.63) is 94.0 Å². The van der Waals surface area contributed by atoms with Gasteiger partial charge in [0.2, 0.25) is 11.8 Å². The molecule has 1 atom stereocenters. The number of carbonyl (C=O) groups excluding carboxylic acids is 2. The number of hydrogen-bond donors (Lipinski definition) is 1. The van der Waals surface area contributed by atoms with Gasteiger partial charge in [-0.15, -0.1) is 0 Å². The van der Waals surface area contributed by atoms with Gasteiger partial charge in [0.15, 0.2) is 0 Å². The molecule has 0 saturated heterocycles. The normalized spacial score (nSPS) is 12.5. The Bertz CT molecular complexity index is 1500. The van der Waals surface area contributed by atoms with E-state index in [1.807, 2.05) is 60.6 Å². The number of nitrogens with zero attached hydrogens (tertiary/aromatic N) is 2. The number of benzene rings is 3. The van der Waals surface area contributed by atoms with E-state index in [1.165, 1.54) is 17.0 Å². The second-order valence-corrected chi connectivity index (χ2v) is 13.6. The fraction of sp³-hybridized carbons (Fsp3) is 0.375. The summed E-state index contributed by atoms with van der Waals surface area (Å²) in [5.74, 6) is -0.839. The highest BCUT2D eigenvalue weighted by atomic mass is 35.5. The lowest BCUT2D eigenvalue weighted by Gasteiger charge is -2.35. The fourth-order valence-electron chi connectivity index (χ4n) is 4.43. The highest BCUT2D eigenvalue weighted by molar-refractivity contribution is 7.92. The van der Waals surface area contributed by atoms with Crippen LogP contribution in [0, 0.1) is 20.8 Å². The van der Waals surface area contributed by atoms with Crippen molar-refractivity contribution in [3.63, 3.8) is 0 Å². The molecule has 3 rings (SSSR count). The molecule has 0 bridgehead atoms. The average molecular weight is 598 g/mol. The molecule has 0 aliphatic heterocycles. The molecule has 41 heavy (non-hydrogen) atoms. The van der Waals surface area contributed by atoms with Gasteiger partial charge in [-0.25, -0.2) is 8.42 Å². The van der Waals surface area contributed by atoms with E-state index in [4.69, 9.17) is 11.6 Å². The Morgan fingerprint density at radius 3 is 2.12 bits per heavy atom. The van der Waals surface area contributed by atoms with E-state index < -0.39 is 34.1 Å². The largest absolute Gasteiger partial charge is 0.350 e. The molecule has 2 amide bonds. The van der Waals surface area contributed by atoms with Crippen LogP contribution < -0.4 is 9.62 Å². The van der Waals surface area contributed by atoms with Crippen molar-refractivity contribution in [1.82, 2.24) is 10.2 Å². The van der Waals surface area contributed by atoms with E-state index in [9.17, 15) is 18.0 Å². The van der Waals surface area contributed by atoms with Crippen LogP contribution in [-0.2, 0) is 26.2 Å². The summed E-state index contributed by atoms with van der Waals surface area (Å²) in [4.78, 5) is 29.1. The summed E-state index contributed by atoms with van der Waals surface area (Å²) in [5.41, 5.74) is 3.31. The zero-order valence-electron chi connectivity index (χ0n) is 24.9. The molecule has 0 heterocycles. The highest BCUT2D eigenvalue weighted by Crippen LogP contribution is 2.27. The van der Waals surface area contributed by atoms with Crippen LogP contribution in [0.4, 0.5) is 5.69 Å². The van der Waals surface area contributed by atoms with E-state index >= 15 is 0 Å². The van der Waals surface area contributed by atoms with Crippen LogP contribution in [0.15, 0.2) is 71.6 Å². The Morgan fingerprint density at radius 2 is 1.56 bits per heavy atom. The van der Waals surface area contributed by atoms with Crippen molar-refractivity contribution in [3.8, 4) is 0 Å². The van der Waals surface area contributed by atoms with Gasteiger partial charge in [0.05, 0.1) is 10.6 Å². The Labute approximate surface area is 249 Å². The zero-order valence-corrected chi connectivity index (χ0v) is 26.4. The monoisotopic (exact) mass is 597 g/mol. The molecule has 1 N–H and O–H groups in total. The van der Waals surface area contributed by atoms with Gasteiger partial charge in [0.1, 0.15) is 12.6 Å². The highest BCUT2D eigenvalue weighted by Gasteiger charge is 2.35. The van der Waals surface area contributed by atoms with Crippen LogP contribution >= 0.6 is 11.6 Å². The molecular formula is C32H40ClN3O4S. The number of nitrogens with one attached hydrogen (secondary N) is 1. The minimum atomic E-state index is -4.13. The molecule has 0 aliphatic rings. The number of amides is 2. The number of carbonyl (C=O) groups is 2. The summed E-state index contributed by atoms with van der Waals surface area (Å²) < 4.78 is 29.2. The standard InChI is InChI=1S/C32H40ClN3O4S/c1-8-29(31(38)34-32(5,6)7)35(20-25-11-9-10-12-28(25)33)30(37)21-36(26-16-15-23(3)24(4)19-26)41(39,40)27-17-13-22(2)14-18-27/h9-19,29H,8,20-21H2,1-7H3,(H,34,38)/t29-/m0/s1. The molecule has 3 aromatic carbocycles. The van der Waals surface area contributed by atoms with Crippen LogP contribution in [0.1, 0.15) is 56.4 Å². The van der Waals surface area contributed by atoms with Crippen molar-refractivity contribution in [1.29, 1.82) is 0 Å². The Hall–Kier alpha value is -3.36. The number of halogens is 1. The van der Waals surface area contributed by atoms with Gasteiger partial charge in [-0.05, 0) is 95.0 Å². The summed E-state index contributed by atoms with van der Waals surface area (Å²) >= 11 is 6.46. The van der Waals surface area contributed by atoms with Gasteiger partial charge in [-0.2, -0.15) is 0 Å². The Balaban J connectivity index is 2.11. The molecule has 0 unspecified atom stereocenters. The lowest BCUT2D eigenvalue weighted by Crippen LogP contribution is -2.55. The first-order valence-corrected chi connectivity index (χ1v) is 15.5. The second-order valence-electron chi connectivity index (χ2n) is 11.4. The number of anilines is 1. The summed E-state index contributed by atoms with van der Waals surface area (Å²) in [6.45, 7) is 12.7. The minimum Gasteiger partial charge on any atom is -0.350 e. The number of rotatable bonds is 10. The van der Waals surface area contributed by atoms with Crippen LogP contribution in [0.25, 0.3) is 0 Å². The summed E-state index contributed by atoms with van der Waals surface area (Å²) in [7, 11) is -4.13. The number of aryl methyl sites for hydroxylation is 3. The topological polar surface area (TPSA) is 86.8 Å². The van der Waals surface area contributed by atoms with Crippen molar-refractivity contribution < 1.29 is 18.0 Å². The van der Waals surface area contributed by atoms with E-state index in [0.717, 1.165) is 21.0 Å². The predicted octanol–water partition coefficient (Wildman–Crippen LogP) is 6.18. The van der Waals surface area contributed by atoms with E-state index in [-0.39, 0.29) is 17.3 Å². The van der Waals surface area contributed by atoms with Gasteiger partial charge in [-0.3, -0.25) is 13.9 Å². The molecule has 0 spiro atoms. The molecule has 3 aromatic rings. The van der Waals surface area contributed by atoms with Crippen LogP contribution in [0.5, 0.6) is 0 Å². The third-order valence-electron chi connectivity index (χ3n) is 6.85. The first kappa shape index (κ1) is 32.2. The maximum absolute atomic E-state index is 14.2. The zero-order chi connectivity index (χ0) is 30.5. The summed E-state index contributed by atoms with van der Waals surface area (Å²) in [6, 6.07) is 18.1. The fourth-order valence-corrected chi connectivity index (χ4v) is 6.03. The van der Waals surface area contributed by atoms with Gasteiger partial charge in [0, 0.05) is 17.1 Å². The van der Waals surface area contributed by atoms with Gasteiger partial charge in [-0.1, -0.05) is 60.5 Å². The SMILES string of the molecule is CC[C@@H](C(=O)NC(C)(C)C)N(Cc1ccccc1Cl)C(=O)CN(c1ccc(C)c(C)c1)S(=O)(=O)c1ccc(C)cc1. The lowest BCUT2D eigenvalue weighted by molar-refractivity contribution is -0.141. The molecule has 0 radical (unpaired) electrons. The average Bonchev–Trinajstić information content (AvgIpc) is 2.89. The minimum absolute atomic E-state index is 0.0416. The number of hydrogen-bond acceptors (Lipinski definition) is 4. The smallest absolute Gasteiger partial charge is 0.264 e. The van der Waals surface area contributed by atoms with E-state index in [0.29, 0.717) is 22.7 Å². The van der Waals surface area contributed by atoms with E-state index in [2.05, 4.69) is 5.32 Å². The molecule has 220 valence electrons. The van der Waals surface area contributed by atoms with Crippen LogP contribution in [0.2, 0.25) is 5.02 Å². The van der Waals surface area contributed by atoms with Crippen LogP contribution in [0.3, 0.4) is 0 Å². The summed E-state index contributed by atoms with van der Waals surface area (Å²) in [5, 5.41) is 3.42. The molecule has 0 aliphatic carbocycles. The third-order valence-corrected chi connectivity index (χ3v) is 9.01. The first-order valence-electron chi connectivity index (χ1n) is 13.7. The molecule has 9 heteroatoms. The Morgan fingerprint density at radius 1 is 0.927 bits per heavy atom. The second kappa shape index (κ2) is 13.1.